The molecule has 4 heterocycles. The highest BCUT2D eigenvalue weighted by atomic mass is 32.1. The standard InChI is InChI=1S/C26H34FN7O3S/c1-15(18-12-19(27)14-28-13-18)30-24-32-20(21-22(33-24)31-16(2)38-21)23(35)29-9-6-17-7-10-34(11-8-17)25(36)37-26(3,4)5/h12-15,17H,6-11H2,1-5H3,(H,29,35)(H,30,32,33)/t15-/m0/s1. The van der Waals surface area contributed by atoms with Gasteiger partial charge in [-0.3, -0.25) is 9.78 Å². The zero-order valence-corrected chi connectivity index (χ0v) is 23.2. The van der Waals surface area contributed by atoms with Gasteiger partial charge in [-0.05, 0) is 71.4 Å². The fourth-order valence-electron chi connectivity index (χ4n) is 4.29. The normalized spacial score (nSPS) is 15.4. The quantitative estimate of drug-likeness (QED) is 0.433. The Bertz CT molecular complexity index is 1300. The minimum absolute atomic E-state index is 0.235. The number of piperidine rings is 1. The van der Waals surface area contributed by atoms with Gasteiger partial charge in [0.15, 0.2) is 11.3 Å². The van der Waals surface area contributed by atoms with E-state index in [2.05, 4.69) is 30.6 Å². The van der Waals surface area contributed by atoms with Crippen LogP contribution < -0.4 is 10.6 Å². The van der Waals surface area contributed by atoms with Crippen molar-refractivity contribution in [3.05, 3.63) is 40.5 Å². The lowest BCUT2D eigenvalue weighted by atomic mass is 9.94. The summed E-state index contributed by atoms with van der Waals surface area (Å²) in [5.74, 6) is -0.0872. The number of anilines is 1. The summed E-state index contributed by atoms with van der Waals surface area (Å²) in [7, 11) is 0. The number of ether oxygens (including phenoxy) is 1. The number of likely N-dealkylation sites (tertiary alicyclic amines) is 1. The van der Waals surface area contributed by atoms with Crippen LogP contribution in [0.5, 0.6) is 0 Å². The highest BCUT2D eigenvalue weighted by molar-refractivity contribution is 7.18. The second-order valence-electron chi connectivity index (χ2n) is 10.5. The Morgan fingerprint density at radius 3 is 2.63 bits per heavy atom. The molecule has 0 radical (unpaired) electrons. The molecule has 0 aromatic carbocycles. The molecular formula is C26H34FN7O3S. The van der Waals surface area contributed by atoms with E-state index in [0.29, 0.717) is 41.5 Å². The van der Waals surface area contributed by atoms with Gasteiger partial charge in [0.2, 0.25) is 5.95 Å². The van der Waals surface area contributed by atoms with Crippen molar-refractivity contribution in [3.63, 3.8) is 0 Å². The van der Waals surface area contributed by atoms with E-state index in [1.54, 1.807) is 11.1 Å². The maximum absolute atomic E-state index is 13.6. The molecule has 12 heteroatoms. The van der Waals surface area contributed by atoms with Gasteiger partial charge >= 0.3 is 6.09 Å². The number of halogens is 1. The molecule has 2 amide bonds. The minimum atomic E-state index is -0.509. The largest absolute Gasteiger partial charge is 0.444 e. The number of pyridine rings is 1. The van der Waals surface area contributed by atoms with Gasteiger partial charge < -0.3 is 20.3 Å². The van der Waals surface area contributed by atoms with Gasteiger partial charge in [-0.2, -0.15) is 4.98 Å². The third-order valence-electron chi connectivity index (χ3n) is 6.25. The highest BCUT2D eigenvalue weighted by Crippen LogP contribution is 2.26. The minimum Gasteiger partial charge on any atom is -0.444 e. The number of carbonyl (C=O) groups excluding carboxylic acids is 2. The third-order valence-corrected chi connectivity index (χ3v) is 7.22. The summed E-state index contributed by atoms with van der Waals surface area (Å²) >= 11 is 1.37. The predicted molar refractivity (Wildman–Crippen MR) is 144 cm³/mol. The molecule has 1 atom stereocenters. The van der Waals surface area contributed by atoms with Gasteiger partial charge in [-0.25, -0.2) is 19.2 Å². The summed E-state index contributed by atoms with van der Waals surface area (Å²) in [6, 6.07) is 1.06. The van der Waals surface area contributed by atoms with Crippen molar-refractivity contribution in [1.82, 2.24) is 30.2 Å². The molecule has 3 aromatic heterocycles. The van der Waals surface area contributed by atoms with Crippen LogP contribution in [0.1, 0.15) is 74.1 Å². The lowest BCUT2D eigenvalue weighted by Crippen LogP contribution is -2.42. The molecule has 1 saturated heterocycles. The molecular weight excluding hydrogens is 509 g/mol. The number of nitrogens with zero attached hydrogens (tertiary/aromatic N) is 5. The van der Waals surface area contributed by atoms with E-state index in [0.717, 1.165) is 30.5 Å². The Morgan fingerprint density at radius 2 is 1.95 bits per heavy atom. The Morgan fingerprint density at radius 1 is 1.21 bits per heavy atom. The first-order chi connectivity index (χ1) is 18.0. The van der Waals surface area contributed by atoms with Crippen LogP contribution in [0.3, 0.4) is 0 Å². The van der Waals surface area contributed by atoms with Crippen molar-refractivity contribution in [3.8, 4) is 0 Å². The fourth-order valence-corrected chi connectivity index (χ4v) is 5.14. The van der Waals surface area contributed by atoms with Crippen molar-refractivity contribution in [2.24, 2.45) is 5.92 Å². The van der Waals surface area contributed by atoms with Crippen LogP contribution in [0, 0.1) is 18.7 Å². The second-order valence-corrected chi connectivity index (χ2v) is 11.7. The maximum atomic E-state index is 13.6. The molecule has 0 unspecified atom stereocenters. The molecule has 1 fully saturated rings. The molecule has 0 bridgehead atoms. The van der Waals surface area contributed by atoms with E-state index >= 15 is 0 Å². The number of rotatable bonds is 7. The van der Waals surface area contributed by atoms with Crippen LogP contribution in [0.25, 0.3) is 10.3 Å². The number of hydrogen-bond donors (Lipinski definition) is 2. The highest BCUT2D eigenvalue weighted by Gasteiger charge is 2.27. The smallest absolute Gasteiger partial charge is 0.410 e. The molecule has 1 aliphatic rings. The van der Waals surface area contributed by atoms with Crippen molar-refractivity contribution >= 4 is 39.6 Å². The Kier molecular flexibility index (Phi) is 8.39. The number of aryl methyl sites for hydroxylation is 1. The van der Waals surface area contributed by atoms with Gasteiger partial charge in [0.05, 0.1) is 17.2 Å². The summed E-state index contributed by atoms with van der Waals surface area (Å²) in [5.41, 5.74) is 0.819. The van der Waals surface area contributed by atoms with Gasteiger partial charge in [0, 0.05) is 25.8 Å². The summed E-state index contributed by atoms with van der Waals surface area (Å²) in [6.45, 7) is 11.1. The van der Waals surface area contributed by atoms with Crippen LogP contribution in [-0.2, 0) is 4.74 Å². The zero-order chi connectivity index (χ0) is 27.4. The van der Waals surface area contributed by atoms with Crippen molar-refractivity contribution < 1.29 is 18.7 Å². The zero-order valence-electron chi connectivity index (χ0n) is 22.4. The summed E-state index contributed by atoms with van der Waals surface area (Å²) in [5, 5.41) is 6.90. The van der Waals surface area contributed by atoms with E-state index < -0.39 is 11.4 Å². The number of thiazole rings is 1. The summed E-state index contributed by atoms with van der Waals surface area (Å²) < 4.78 is 19.7. The first-order valence-electron chi connectivity index (χ1n) is 12.8. The number of aromatic nitrogens is 4. The summed E-state index contributed by atoms with van der Waals surface area (Å²) in [4.78, 5) is 44.5. The van der Waals surface area contributed by atoms with Crippen molar-refractivity contribution in [1.29, 1.82) is 0 Å². The lowest BCUT2D eigenvalue weighted by Gasteiger charge is -2.33. The number of carbonyl (C=O) groups is 2. The second kappa shape index (κ2) is 11.5. The first-order valence-corrected chi connectivity index (χ1v) is 13.6. The van der Waals surface area contributed by atoms with E-state index in [1.807, 2.05) is 34.6 Å². The van der Waals surface area contributed by atoms with Gasteiger partial charge in [-0.1, -0.05) is 0 Å². The van der Waals surface area contributed by atoms with Gasteiger partial charge in [0.25, 0.3) is 5.91 Å². The average Bonchev–Trinajstić information content (AvgIpc) is 3.22. The fraction of sp³-hybridized carbons (Fsp3) is 0.538. The third kappa shape index (κ3) is 7.12. The topological polar surface area (TPSA) is 122 Å². The van der Waals surface area contributed by atoms with Crippen molar-refractivity contribution in [2.45, 2.75) is 65.5 Å². The molecule has 0 saturated carbocycles. The molecule has 1 aliphatic heterocycles. The van der Waals surface area contributed by atoms with Gasteiger partial charge in [0.1, 0.15) is 16.1 Å². The summed E-state index contributed by atoms with van der Waals surface area (Å²) in [6.07, 6.45) is 4.97. The van der Waals surface area contributed by atoms with Crippen LogP contribution in [-0.4, -0.2) is 62.1 Å². The molecule has 3 aromatic rings. The number of fused-ring (bicyclic) bond motifs is 1. The molecule has 10 nitrogen and oxygen atoms in total. The van der Waals surface area contributed by atoms with Crippen LogP contribution in [0.2, 0.25) is 0 Å². The van der Waals surface area contributed by atoms with Gasteiger partial charge in [-0.15, -0.1) is 11.3 Å². The lowest BCUT2D eigenvalue weighted by molar-refractivity contribution is 0.0181. The Labute approximate surface area is 225 Å². The predicted octanol–water partition coefficient (Wildman–Crippen LogP) is 4.87. The molecule has 204 valence electrons. The maximum Gasteiger partial charge on any atom is 0.410 e. The molecule has 0 aliphatic carbocycles. The van der Waals surface area contributed by atoms with E-state index in [9.17, 15) is 14.0 Å². The first kappa shape index (κ1) is 27.6. The monoisotopic (exact) mass is 543 g/mol. The average molecular weight is 544 g/mol. The van der Waals surface area contributed by atoms with Crippen LogP contribution in [0.15, 0.2) is 18.5 Å². The van der Waals surface area contributed by atoms with Crippen molar-refractivity contribution in [2.75, 3.05) is 25.0 Å². The SMILES string of the molecule is Cc1nc2nc(N[C@@H](C)c3cncc(F)c3)nc(C(=O)NCCC3CCN(C(=O)OC(C)(C)C)CC3)c2s1. The molecule has 2 N–H and O–H groups in total. The van der Waals surface area contributed by atoms with E-state index in [1.165, 1.54) is 17.4 Å². The van der Waals surface area contributed by atoms with E-state index in [4.69, 9.17) is 4.74 Å². The number of amides is 2. The molecule has 0 spiro atoms. The molecule has 38 heavy (non-hydrogen) atoms. The Balaban J connectivity index is 1.36. The number of nitrogens with one attached hydrogen (secondary N) is 2. The molecule has 4 rings (SSSR count). The van der Waals surface area contributed by atoms with Crippen LogP contribution >= 0.6 is 11.3 Å². The number of hydrogen-bond acceptors (Lipinski definition) is 9. The van der Waals surface area contributed by atoms with E-state index in [-0.39, 0.29) is 29.7 Å². The Hall–Kier alpha value is -3.41. The van der Waals surface area contributed by atoms with Crippen LogP contribution in [0.4, 0.5) is 15.1 Å².